The van der Waals surface area contributed by atoms with E-state index in [2.05, 4.69) is 33.5 Å². The van der Waals surface area contributed by atoms with Crippen molar-refractivity contribution in [2.24, 2.45) is 0 Å². The number of hydrogen-bond acceptors (Lipinski definition) is 3. The lowest BCUT2D eigenvalue weighted by molar-refractivity contribution is 0.102. The topological polar surface area (TPSA) is 54.9 Å². The van der Waals surface area contributed by atoms with Gasteiger partial charge < -0.3 is 5.32 Å². The van der Waals surface area contributed by atoms with Gasteiger partial charge in [0.1, 0.15) is 0 Å². The summed E-state index contributed by atoms with van der Waals surface area (Å²) >= 11 is 0. The van der Waals surface area contributed by atoms with Gasteiger partial charge in [-0.15, -0.1) is 0 Å². The van der Waals surface area contributed by atoms with E-state index in [1.807, 2.05) is 48.5 Å². The number of benzene rings is 3. The predicted octanol–water partition coefficient (Wildman–Crippen LogP) is 4.97. The number of aromatic nitrogens is 2. The molecule has 28 heavy (non-hydrogen) atoms. The number of nitrogens with zero attached hydrogens (tertiary/aromatic N) is 2. The lowest BCUT2D eigenvalue weighted by atomic mass is 10.0. The predicted molar refractivity (Wildman–Crippen MR) is 110 cm³/mol. The van der Waals surface area contributed by atoms with E-state index < -0.39 is 0 Å². The maximum absolute atomic E-state index is 13.0. The molecule has 0 fully saturated rings. The second kappa shape index (κ2) is 6.74. The number of fused-ring (bicyclic) bond motifs is 3. The molecule has 0 aliphatic heterocycles. The van der Waals surface area contributed by atoms with Crippen molar-refractivity contribution in [3.05, 3.63) is 102 Å². The normalized spacial score (nSPS) is 11.6. The van der Waals surface area contributed by atoms with Gasteiger partial charge in [0.2, 0.25) is 0 Å². The molecule has 1 aliphatic carbocycles. The Morgan fingerprint density at radius 2 is 1.75 bits per heavy atom. The van der Waals surface area contributed by atoms with Gasteiger partial charge in [0.25, 0.3) is 5.91 Å². The number of amides is 1. The van der Waals surface area contributed by atoms with Gasteiger partial charge in [0.15, 0.2) is 0 Å². The highest BCUT2D eigenvalue weighted by Crippen LogP contribution is 2.38. The summed E-state index contributed by atoms with van der Waals surface area (Å²) in [5.74, 6) is -0.0963. The molecule has 134 valence electrons. The molecule has 1 amide bonds. The van der Waals surface area contributed by atoms with Crippen LogP contribution < -0.4 is 5.32 Å². The molecule has 1 N–H and O–H groups in total. The van der Waals surface area contributed by atoms with Crippen molar-refractivity contribution in [2.45, 2.75) is 6.42 Å². The fraction of sp³-hybridized carbons (Fsp3) is 0.0417. The number of hydrogen-bond donors (Lipinski definition) is 1. The van der Waals surface area contributed by atoms with E-state index in [1.165, 1.54) is 11.1 Å². The highest BCUT2D eigenvalue weighted by molar-refractivity contribution is 6.07. The highest BCUT2D eigenvalue weighted by atomic mass is 16.1. The molecule has 0 bridgehead atoms. The Morgan fingerprint density at radius 1 is 0.893 bits per heavy atom. The molecule has 4 heteroatoms. The van der Waals surface area contributed by atoms with Gasteiger partial charge in [-0.1, -0.05) is 48.5 Å². The van der Waals surface area contributed by atoms with Gasteiger partial charge in [-0.05, 0) is 46.9 Å². The first-order valence-electron chi connectivity index (χ1n) is 9.17. The third-order valence-corrected chi connectivity index (χ3v) is 5.07. The van der Waals surface area contributed by atoms with Gasteiger partial charge in [0, 0.05) is 29.2 Å². The summed E-state index contributed by atoms with van der Waals surface area (Å²) in [6.45, 7) is 0. The largest absolute Gasteiger partial charge is 0.322 e. The van der Waals surface area contributed by atoms with E-state index in [4.69, 9.17) is 0 Å². The molecule has 0 saturated carbocycles. The quantitative estimate of drug-likeness (QED) is 0.492. The molecule has 1 heterocycles. The molecule has 1 aliphatic rings. The van der Waals surface area contributed by atoms with Crippen LogP contribution in [0.25, 0.3) is 22.4 Å². The van der Waals surface area contributed by atoms with Crippen LogP contribution in [-0.2, 0) is 6.42 Å². The maximum Gasteiger partial charge on any atom is 0.255 e. The van der Waals surface area contributed by atoms with Crippen molar-refractivity contribution in [1.82, 2.24) is 9.97 Å². The Balaban J connectivity index is 1.45. The van der Waals surface area contributed by atoms with E-state index in [0.29, 0.717) is 0 Å². The SMILES string of the molecule is O=C(Nc1cccc(-c2cnccn2)c1)c1cccc2c1Cc1ccccc1-2. The van der Waals surface area contributed by atoms with E-state index in [-0.39, 0.29) is 5.91 Å². The van der Waals surface area contributed by atoms with Crippen molar-refractivity contribution in [1.29, 1.82) is 0 Å². The molecular formula is C24H17N3O. The number of rotatable bonds is 3. The number of anilines is 1. The third kappa shape index (κ3) is 2.85. The first-order valence-corrected chi connectivity index (χ1v) is 9.17. The second-order valence-electron chi connectivity index (χ2n) is 6.79. The minimum absolute atomic E-state index is 0.0963. The summed E-state index contributed by atoms with van der Waals surface area (Å²) in [7, 11) is 0. The molecule has 0 saturated heterocycles. The molecule has 5 rings (SSSR count). The van der Waals surface area contributed by atoms with Crippen LogP contribution >= 0.6 is 0 Å². The summed E-state index contributed by atoms with van der Waals surface area (Å²) in [6.07, 6.45) is 5.80. The van der Waals surface area contributed by atoms with Gasteiger partial charge in [-0.2, -0.15) is 0 Å². The third-order valence-electron chi connectivity index (χ3n) is 5.07. The zero-order chi connectivity index (χ0) is 18.9. The molecule has 0 radical (unpaired) electrons. The van der Waals surface area contributed by atoms with Crippen LogP contribution in [-0.4, -0.2) is 15.9 Å². The minimum Gasteiger partial charge on any atom is -0.322 e. The summed E-state index contributed by atoms with van der Waals surface area (Å²) in [5.41, 5.74) is 7.87. The molecular weight excluding hydrogens is 346 g/mol. The van der Waals surface area contributed by atoms with Crippen molar-refractivity contribution in [3.8, 4) is 22.4 Å². The number of carbonyl (C=O) groups excluding carboxylic acids is 1. The Bertz CT molecular complexity index is 1190. The maximum atomic E-state index is 13.0. The van der Waals surface area contributed by atoms with Gasteiger partial charge in [0.05, 0.1) is 11.9 Å². The average molecular weight is 363 g/mol. The molecule has 0 unspecified atom stereocenters. The van der Waals surface area contributed by atoms with Crippen molar-refractivity contribution in [2.75, 3.05) is 5.32 Å². The van der Waals surface area contributed by atoms with E-state index in [0.717, 1.165) is 40.1 Å². The van der Waals surface area contributed by atoms with Gasteiger partial charge in [-0.3, -0.25) is 14.8 Å². The summed E-state index contributed by atoms with van der Waals surface area (Å²) < 4.78 is 0. The lowest BCUT2D eigenvalue weighted by Crippen LogP contribution is -2.14. The van der Waals surface area contributed by atoms with E-state index in [9.17, 15) is 4.79 Å². The zero-order valence-electron chi connectivity index (χ0n) is 15.1. The molecule has 3 aromatic carbocycles. The number of carbonyl (C=O) groups is 1. The van der Waals surface area contributed by atoms with Crippen LogP contribution in [0.2, 0.25) is 0 Å². The van der Waals surface area contributed by atoms with Crippen LogP contribution in [0.1, 0.15) is 21.5 Å². The fourth-order valence-corrected chi connectivity index (χ4v) is 3.77. The zero-order valence-corrected chi connectivity index (χ0v) is 15.1. The molecule has 0 atom stereocenters. The van der Waals surface area contributed by atoms with Crippen LogP contribution in [0, 0.1) is 0 Å². The standard InChI is InChI=1S/C24H17N3O/c28-24(27-18-7-3-6-17(13-18)23-15-25-11-12-26-23)21-10-4-9-20-19-8-2-1-5-16(19)14-22(20)21/h1-13,15H,14H2,(H,27,28). The Hall–Kier alpha value is -3.79. The monoisotopic (exact) mass is 363 g/mol. The lowest BCUT2D eigenvalue weighted by Gasteiger charge is -2.10. The Kier molecular flexibility index (Phi) is 3.95. The van der Waals surface area contributed by atoms with Crippen LogP contribution in [0.4, 0.5) is 5.69 Å². The smallest absolute Gasteiger partial charge is 0.255 e. The average Bonchev–Trinajstić information content (AvgIpc) is 3.13. The minimum atomic E-state index is -0.0963. The van der Waals surface area contributed by atoms with E-state index in [1.54, 1.807) is 18.6 Å². The Morgan fingerprint density at radius 3 is 2.64 bits per heavy atom. The molecule has 1 aromatic heterocycles. The summed E-state index contributed by atoms with van der Waals surface area (Å²) in [4.78, 5) is 21.5. The summed E-state index contributed by atoms with van der Waals surface area (Å²) in [6, 6.07) is 21.9. The Labute approximate surface area is 162 Å². The number of nitrogens with one attached hydrogen (secondary N) is 1. The molecule has 4 aromatic rings. The first kappa shape index (κ1) is 16.4. The first-order chi connectivity index (χ1) is 13.8. The van der Waals surface area contributed by atoms with Crippen LogP contribution in [0.5, 0.6) is 0 Å². The van der Waals surface area contributed by atoms with Crippen molar-refractivity contribution >= 4 is 11.6 Å². The fourth-order valence-electron chi connectivity index (χ4n) is 3.77. The van der Waals surface area contributed by atoms with Crippen LogP contribution in [0.3, 0.4) is 0 Å². The van der Waals surface area contributed by atoms with Crippen LogP contribution in [0.15, 0.2) is 85.3 Å². The van der Waals surface area contributed by atoms with Crippen molar-refractivity contribution < 1.29 is 4.79 Å². The molecule has 4 nitrogen and oxygen atoms in total. The van der Waals surface area contributed by atoms with Gasteiger partial charge >= 0.3 is 0 Å². The summed E-state index contributed by atoms with van der Waals surface area (Å²) in [5, 5.41) is 3.04. The molecule has 0 spiro atoms. The van der Waals surface area contributed by atoms with Gasteiger partial charge in [-0.25, -0.2) is 0 Å². The highest BCUT2D eigenvalue weighted by Gasteiger charge is 2.23. The van der Waals surface area contributed by atoms with Crippen molar-refractivity contribution in [3.63, 3.8) is 0 Å². The second-order valence-corrected chi connectivity index (χ2v) is 6.79. The van der Waals surface area contributed by atoms with E-state index >= 15 is 0 Å².